The van der Waals surface area contributed by atoms with Crippen LogP contribution in [0.5, 0.6) is 0 Å². The first-order valence-corrected chi connectivity index (χ1v) is 13.0. The Balaban J connectivity index is 1.49. The monoisotopic (exact) mass is 411 g/mol. The highest BCUT2D eigenvalue weighted by atomic mass is 15.1. The van der Waals surface area contributed by atoms with E-state index in [1.165, 1.54) is 57.8 Å². The molecule has 0 saturated heterocycles. The minimum Gasteiger partial charge on any atom is -0.0903 e. The van der Waals surface area contributed by atoms with Crippen LogP contribution in [-0.4, -0.2) is 6.04 Å². The van der Waals surface area contributed by atoms with Crippen molar-refractivity contribution in [2.24, 2.45) is 51.5 Å². The number of nitrogens with zero attached hydrogens (tertiary/aromatic N) is 3. The van der Waals surface area contributed by atoms with Gasteiger partial charge in [-0.25, -0.2) is 0 Å². The number of allylic oxidation sites excluding steroid dienone is 1. The molecular weight excluding hydrogens is 366 g/mol. The van der Waals surface area contributed by atoms with Gasteiger partial charge >= 0.3 is 0 Å². The molecule has 0 amide bonds. The lowest BCUT2D eigenvalue weighted by molar-refractivity contribution is -0.0508. The molecule has 30 heavy (non-hydrogen) atoms. The molecule has 3 saturated carbocycles. The number of hydrogen-bond acceptors (Lipinski definition) is 1. The third kappa shape index (κ3) is 3.74. The van der Waals surface area contributed by atoms with Gasteiger partial charge in [0.15, 0.2) is 0 Å². The Morgan fingerprint density at radius 3 is 2.60 bits per heavy atom. The van der Waals surface area contributed by atoms with Crippen molar-refractivity contribution in [1.82, 2.24) is 0 Å². The predicted molar refractivity (Wildman–Crippen MR) is 126 cm³/mol. The van der Waals surface area contributed by atoms with E-state index in [9.17, 15) is 0 Å². The molecule has 0 aromatic carbocycles. The average molecular weight is 412 g/mol. The summed E-state index contributed by atoms with van der Waals surface area (Å²) in [6, 6.07) is 0.197. The number of fused-ring (bicyclic) bond motifs is 5. The van der Waals surface area contributed by atoms with E-state index < -0.39 is 0 Å². The van der Waals surface area contributed by atoms with Gasteiger partial charge in [0.05, 0.1) is 0 Å². The Bertz CT molecular complexity index is 705. The zero-order valence-electron chi connectivity index (χ0n) is 20.2. The highest BCUT2D eigenvalue weighted by Crippen LogP contribution is 2.67. The third-order valence-electron chi connectivity index (χ3n) is 10.5. The summed E-state index contributed by atoms with van der Waals surface area (Å²) in [5, 5.41) is 4.08. The summed E-state index contributed by atoms with van der Waals surface area (Å²) in [5.41, 5.74) is 11.5. The second-order valence-corrected chi connectivity index (χ2v) is 12.4. The maximum atomic E-state index is 8.89. The minimum absolute atomic E-state index is 0.197. The smallest absolute Gasteiger partial charge is 0.0411 e. The van der Waals surface area contributed by atoms with Crippen LogP contribution in [0.25, 0.3) is 10.4 Å². The van der Waals surface area contributed by atoms with Gasteiger partial charge < -0.3 is 0 Å². The lowest BCUT2D eigenvalue weighted by atomic mass is 9.47. The van der Waals surface area contributed by atoms with Crippen molar-refractivity contribution in [2.75, 3.05) is 0 Å². The molecule has 3 heteroatoms. The van der Waals surface area contributed by atoms with Crippen molar-refractivity contribution in [3.8, 4) is 0 Å². The van der Waals surface area contributed by atoms with Crippen LogP contribution in [0, 0.1) is 46.3 Å². The summed E-state index contributed by atoms with van der Waals surface area (Å²) in [4.78, 5) is 3.11. The lowest BCUT2D eigenvalue weighted by Crippen LogP contribution is -2.50. The molecule has 8 atom stereocenters. The van der Waals surface area contributed by atoms with Crippen LogP contribution in [0.15, 0.2) is 16.8 Å². The highest BCUT2D eigenvalue weighted by Gasteiger charge is 2.59. The summed E-state index contributed by atoms with van der Waals surface area (Å²) in [7, 11) is 0. The van der Waals surface area contributed by atoms with E-state index in [0.717, 1.165) is 48.3 Å². The van der Waals surface area contributed by atoms with Gasteiger partial charge in [-0.1, -0.05) is 70.6 Å². The predicted octanol–water partition coefficient (Wildman–Crippen LogP) is 8.71. The molecule has 0 radical (unpaired) electrons. The Morgan fingerprint density at radius 2 is 1.87 bits per heavy atom. The van der Waals surface area contributed by atoms with E-state index in [4.69, 9.17) is 5.53 Å². The molecule has 0 bridgehead atoms. The second kappa shape index (κ2) is 8.53. The normalized spacial score (nSPS) is 43.8. The topological polar surface area (TPSA) is 48.8 Å². The maximum Gasteiger partial charge on any atom is 0.0411 e. The van der Waals surface area contributed by atoms with Crippen molar-refractivity contribution in [3.63, 3.8) is 0 Å². The molecule has 4 rings (SSSR count). The molecule has 5 unspecified atom stereocenters. The van der Waals surface area contributed by atoms with Crippen molar-refractivity contribution in [1.29, 1.82) is 0 Å². The van der Waals surface area contributed by atoms with E-state index in [1.807, 2.05) is 0 Å². The molecule has 0 aliphatic heterocycles. The van der Waals surface area contributed by atoms with Gasteiger partial charge in [-0.15, -0.1) is 0 Å². The Morgan fingerprint density at radius 1 is 1.07 bits per heavy atom. The fraction of sp³-hybridized carbons (Fsp3) is 0.926. The zero-order chi connectivity index (χ0) is 21.5. The molecule has 0 aromatic heterocycles. The third-order valence-corrected chi connectivity index (χ3v) is 10.5. The fourth-order valence-electron chi connectivity index (χ4n) is 8.84. The van der Waals surface area contributed by atoms with Crippen molar-refractivity contribution >= 4 is 0 Å². The van der Waals surface area contributed by atoms with E-state index >= 15 is 0 Å². The van der Waals surface area contributed by atoms with E-state index in [2.05, 4.69) is 50.7 Å². The van der Waals surface area contributed by atoms with Crippen molar-refractivity contribution in [3.05, 3.63) is 22.1 Å². The number of rotatable bonds is 6. The molecule has 0 heterocycles. The SMILES string of the molecule is CC(C)CCC[C@@H](C)C1CCC2[C@@H]3CC=C4C[C@@H](N=[N+]=[N-])CCC4(C)C3CCC21C. The van der Waals surface area contributed by atoms with Crippen LogP contribution in [0.4, 0.5) is 0 Å². The molecule has 3 fully saturated rings. The summed E-state index contributed by atoms with van der Waals surface area (Å²) in [6.07, 6.45) is 17.3. The first-order valence-electron chi connectivity index (χ1n) is 13.0. The minimum atomic E-state index is 0.197. The highest BCUT2D eigenvalue weighted by molar-refractivity contribution is 5.26. The summed E-state index contributed by atoms with van der Waals surface area (Å²) >= 11 is 0. The standard InChI is InChI=1S/C27H45N3/c1-18(2)7-6-8-19(3)23-11-12-24-22-10-9-20-17-21(29-30-28)13-15-26(20,4)25(22)14-16-27(23,24)5/h9,18-19,21-25H,6-8,10-17H2,1-5H3/t19-,21+,22+,23?,24?,25?,26?,27?/m1/s1. The van der Waals surface area contributed by atoms with Gasteiger partial charge in [0, 0.05) is 11.0 Å². The molecule has 0 aromatic rings. The Kier molecular flexibility index (Phi) is 6.33. The van der Waals surface area contributed by atoms with Crippen molar-refractivity contribution in [2.45, 2.75) is 111 Å². The molecular formula is C27H45N3. The first kappa shape index (κ1) is 22.3. The maximum absolute atomic E-state index is 8.89. The Hall–Kier alpha value is -0.950. The number of azide groups is 1. The Labute approximate surface area is 185 Å². The van der Waals surface area contributed by atoms with E-state index in [1.54, 1.807) is 5.57 Å². The van der Waals surface area contributed by atoms with Gasteiger partial charge in [-0.2, -0.15) is 0 Å². The molecule has 4 aliphatic rings. The van der Waals surface area contributed by atoms with Gasteiger partial charge in [-0.3, -0.25) is 0 Å². The zero-order valence-corrected chi connectivity index (χ0v) is 20.2. The quantitative estimate of drug-likeness (QED) is 0.182. The van der Waals surface area contributed by atoms with Crippen LogP contribution in [0.1, 0.15) is 105 Å². The van der Waals surface area contributed by atoms with Crippen LogP contribution in [-0.2, 0) is 0 Å². The van der Waals surface area contributed by atoms with Crippen LogP contribution in [0.2, 0.25) is 0 Å². The van der Waals surface area contributed by atoms with Crippen LogP contribution in [0.3, 0.4) is 0 Å². The van der Waals surface area contributed by atoms with E-state index in [0.29, 0.717) is 10.8 Å². The molecule has 4 aliphatic carbocycles. The molecule has 0 spiro atoms. The molecule has 168 valence electrons. The van der Waals surface area contributed by atoms with E-state index in [-0.39, 0.29) is 6.04 Å². The summed E-state index contributed by atoms with van der Waals surface area (Å²) < 4.78 is 0. The average Bonchev–Trinajstić information content (AvgIpc) is 3.05. The van der Waals surface area contributed by atoms with Gasteiger partial charge in [0.25, 0.3) is 0 Å². The largest absolute Gasteiger partial charge is 0.0903 e. The summed E-state index contributed by atoms with van der Waals surface area (Å²) in [6.45, 7) is 12.5. The van der Waals surface area contributed by atoms with Gasteiger partial charge in [0.2, 0.25) is 0 Å². The van der Waals surface area contributed by atoms with Gasteiger partial charge in [0.1, 0.15) is 0 Å². The fourth-order valence-corrected chi connectivity index (χ4v) is 8.84. The van der Waals surface area contributed by atoms with Gasteiger partial charge in [-0.05, 0) is 103 Å². The molecule has 3 nitrogen and oxygen atoms in total. The second-order valence-electron chi connectivity index (χ2n) is 12.4. The van der Waals surface area contributed by atoms with Crippen LogP contribution >= 0.6 is 0 Å². The van der Waals surface area contributed by atoms with Crippen molar-refractivity contribution < 1.29 is 0 Å². The number of hydrogen-bond donors (Lipinski definition) is 0. The molecule has 0 N–H and O–H groups in total. The lowest BCUT2D eigenvalue weighted by Gasteiger charge is -2.58. The van der Waals surface area contributed by atoms with Crippen LogP contribution < -0.4 is 0 Å². The summed E-state index contributed by atoms with van der Waals surface area (Å²) in [5.74, 6) is 5.35. The first-order chi connectivity index (χ1) is 14.3.